The lowest BCUT2D eigenvalue weighted by Crippen LogP contribution is -2.23. The fraction of sp³-hybridized carbons (Fsp3) is 0.143. The zero-order valence-corrected chi connectivity index (χ0v) is 10.0. The summed E-state index contributed by atoms with van der Waals surface area (Å²) in [4.78, 5) is 0. The number of hydrogen-bond donors (Lipinski definition) is 0. The lowest BCUT2D eigenvalue weighted by atomic mass is 10.3. The van der Waals surface area contributed by atoms with Crippen LogP contribution >= 0.6 is 12.9 Å². The van der Waals surface area contributed by atoms with Crippen LogP contribution in [-0.2, 0) is 0 Å². The highest BCUT2D eigenvalue weighted by Crippen LogP contribution is 2.24. The van der Waals surface area contributed by atoms with E-state index in [0.29, 0.717) is 0 Å². The molecule has 0 atom stereocenters. The molecule has 1 aromatic carbocycles. The summed E-state index contributed by atoms with van der Waals surface area (Å²) in [6, 6.07) is 0. The second-order valence-corrected chi connectivity index (χ2v) is 5.06. The molecule has 0 saturated carbocycles. The van der Waals surface area contributed by atoms with Crippen molar-refractivity contribution in [2.75, 3.05) is 7.11 Å². The number of methoxy groups -OCH3 is 1. The van der Waals surface area contributed by atoms with Crippen LogP contribution in [0.1, 0.15) is 0 Å². The number of rotatable bonds is 2. The minimum atomic E-state index is -1.51. The minimum absolute atomic E-state index is 0.555. The second-order valence-electron chi connectivity index (χ2n) is 2.40. The average Bonchev–Trinajstić information content (AvgIpc) is 2.17. The highest BCUT2D eigenvalue weighted by Gasteiger charge is 2.25. The molecule has 0 bridgehead atoms. The number of halogens is 5. The molecule has 0 heterocycles. The lowest BCUT2D eigenvalue weighted by Gasteiger charge is -2.09. The molecule has 1 nitrogen and oxygen atoms in total. The topological polar surface area (TPSA) is 9.23 Å². The van der Waals surface area contributed by atoms with E-state index in [1.165, 1.54) is 0 Å². The van der Waals surface area contributed by atoms with E-state index in [1.54, 1.807) is 0 Å². The van der Waals surface area contributed by atoms with Crippen molar-refractivity contribution in [2.24, 2.45) is 0 Å². The molecule has 0 N–H and O–H groups in total. The fourth-order valence-electron chi connectivity index (χ4n) is 0.954. The molecule has 7 heteroatoms. The van der Waals surface area contributed by atoms with Crippen molar-refractivity contribution in [1.82, 2.24) is 0 Å². The van der Waals surface area contributed by atoms with Gasteiger partial charge in [0.15, 0.2) is 5.75 Å². The van der Waals surface area contributed by atoms with Gasteiger partial charge in [-0.1, -0.05) is 3.69 Å². The Hall–Kier alpha value is -0.0138. The van der Waals surface area contributed by atoms with Crippen LogP contribution in [0.3, 0.4) is 0 Å². The minimum Gasteiger partial charge on any atom is -0.491 e. The van der Waals surface area contributed by atoms with Crippen molar-refractivity contribution in [2.45, 2.75) is 0 Å². The summed E-state index contributed by atoms with van der Waals surface area (Å²) in [6.45, 7) is 0. The molecule has 0 aromatic heterocycles. The quantitative estimate of drug-likeness (QED) is 0.457. The predicted molar refractivity (Wildman–Crippen MR) is 47.1 cm³/mol. The zero-order valence-electron chi connectivity index (χ0n) is 7.01. The molecule has 1 rings (SSSR count). The van der Waals surface area contributed by atoms with Gasteiger partial charge in [-0.25, -0.2) is 8.78 Å². The van der Waals surface area contributed by atoms with Gasteiger partial charge in [-0.2, -0.15) is 8.78 Å². The van der Waals surface area contributed by atoms with Crippen LogP contribution in [0.5, 0.6) is 5.75 Å². The third-order valence-corrected chi connectivity index (χ3v) is 4.22. The smallest absolute Gasteiger partial charge is 0.491 e. The Bertz CT molecular complexity index is 307. The zero-order chi connectivity index (χ0) is 10.9. The van der Waals surface area contributed by atoms with Gasteiger partial charge in [0.2, 0.25) is 11.6 Å². The van der Waals surface area contributed by atoms with Crippen LogP contribution in [0.25, 0.3) is 0 Å². The molecule has 0 aliphatic heterocycles. The first-order chi connectivity index (χ1) is 6.54. The van der Waals surface area contributed by atoms with Gasteiger partial charge in [0.05, 0.1) is 7.11 Å². The van der Waals surface area contributed by atoms with Crippen LogP contribution in [0.2, 0.25) is 0 Å². The number of hydrogen-bond acceptors (Lipinski definition) is 1. The summed E-state index contributed by atoms with van der Waals surface area (Å²) in [7, 11) is 0.936. The molecule has 14 heavy (non-hydrogen) atoms. The lowest BCUT2D eigenvalue weighted by molar-refractivity contribution is 0.335. The monoisotopic (exact) mass is 282 g/mol. The molecule has 1 aromatic rings. The summed E-state index contributed by atoms with van der Waals surface area (Å²) in [5.74, 6) is -6.78. The molecule has 74 valence electrons. The van der Waals surface area contributed by atoms with E-state index >= 15 is 0 Å². The van der Waals surface area contributed by atoms with E-state index in [-0.39, 0.29) is 0 Å². The molecule has 0 spiro atoms. The Labute approximate surface area is 93.0 Å². The van der Waals surface area contributed by atoms with Crippen molar-refractivity contribution in [3.05, 3.63) is 23.3 Å². The van der Waals surface area contributed by atoms with Crippen LogP contribution < -0.4 is 8.43 Å². The van der Waals surface area contributed by atoms with Crippen molar-refractivity contribution in [1.29, 1.82) is 0 Å². The number of ether oxygens (including phenoxy) is 1. The molecule has 0 unspecified atom stereocenters. The molecule has 0 aliphatic rings. The van der Waals surface area contributed by atoms with Crippen LogP contribution in [0.15, 0.2) is 0 Å². The van der Waals surface area contributed by atoms with Crippen molar-refractivity contribution >= 4 is 34.8 Å². The molecular formula is C7H3BrF4MgO. The number of benzene rings is 1. The highest BCUT2D eigenvalue weighted by molar-refractivity contribution is 9.23. The van der Waals surface area contributed by atoms with Gasteiger partial charge in [-0.05, 0) is 0 Å². The van der Waals surface area contributed by atoms with Gasteiger partial charge < -0.3 is 4.74 Å². The molecule has 0 radical (unpaired) electrons. The first-order valence-electron chi connectivity index (χ1n) is 3.49. The van der Waals surface area contributed by atoms with Crippen LogP contribution in [0.4, 0.5) is 17.6 Å². The van der Waals surface area contributed by atoms with Gasteiger partial charge in [0, 0.05) is 0 Å². The van der Waals surface area contributed by atoms with Gasteiger partial charge in [-0.15, -0.1) is 0 Å². The first-order valence-corrected chi connectivity index (χ1v) is 8.10. The highest BCUT2D eigenvalue weighted by atomic mass is 79.9. The van der Waals surface area contributed by atoms with E-state index in [9.17, 15) is 17.6 Å². The summed E-state index contributed by atoms with van der Waals surface area (Å²) < 4.78 is 55.7. The third-order valence-electron chi connectivity index (χ3n) is 1.65. The maximum Gasteiger partial charge on any atom is 0.516 e. The normalized spacial score (nSPS) is 9.86. The SMILES string of the molecule is COc1c(F)c(F)[c]([Mg][Br])c(F)c1F. The molecular weight excluding hydrogens is 280 g/mol. The van der Waals surface area contributed by atoms with E-state index < -0.39 is 50.9 Å². The Morgan fingerprint density at radius 3 is 1.71 bits per heavy atom. The summed E-state index contributed by atoms with van der Waals surface area (Å²) in [5, 5.41) is 0. The summed E-state index contributed by atoms with van der Waals surface area (Å²) >= 11 is 1.35. The standard InChI is InChI=1S/C7H3F4O.BrH.Mg/c1-12-7-5(10)3(8)2-4(9)6(7)11;;/h1H3;1H;/q;;+1/p-1. The van der Waals surface area contributed by atoms with Gasteiger partial charge in [-0.3, -0.25) is 12.9 Å². The summed E-state index contributed by atoms with van der Waals surface area (Å²) in [5.41, 5.74) is 0. The van der Waals surface area contributed by atoms with Gasteiger partial charge in [0.25, 0.3) is 0 Å². The largest absolute Gasteiger partial charge is 0.516 e. The van der Waals surface area contributed by atoms with E-state index in [1.807, 2.05) is 0 Å². The van der Waals surface area contributed by atoms with E-state index in [4.69, 9.17) is 0 Å². The van der Waals surface area contributed by atoms with E-state index in [2.05, 4.69) is 17.6 Å². The first kappa shape index (κ1) is 12.1. The molecule has 0 amide bonds. The Kier molecular flexibility index (Phi) is 4.02. The Morgan fingerprint density at radius 2 is 1.43 bits per heavy atom. The molecule has 0 aliphatic carbocycles. The maximum absolute atomic E-state index is 13.0. The second kappa shape index (κ2) is 4.67. The van der Waals surface area contributed by atoms with E-state index in [0.717, 1.165) is 7.11 Å². The maximum atomic E-state index is 13.0. The van der Waals surface area contributed by atoms with Crippen molar-refractivity contribution < 1.29 is 22.3 Å². The summed E-state index contributed by atoms with van der Waals surface area (Å²) in [6.07, 6.45) is 0. The third kappa shape index (κ3) is 1.85. The van der Waals surface area contributed by atoms with Crippen LogP contribution in [0, 0.1) is 23.3 Å². The Morgan fingerprint density at radius 1 is 1.00 bits per heavy atom. The van der Waals surface area contributed by atoms with Gasteiger partial charge >= 0.3 is 18.2 Å². The fourth-order valence-corrected chi connectivity index (χ4v) is 2.98. The Balaban J connectivity index is 3.55. The van der Waals surface area contributed by atoms with Crippen molar-refractivity contribution in [3.8, 4) is 5.75 Å². The predicted octanol–water partition coefficient (Wildman–Crippen LogP) is 1.89. The van der Waals surface area contributed by atoms with Gasteiger partial charge in [0.1, 0.15) is 11.6 Å². The van der Waals surface area contributed by atoms with Crippen LogP contribution in [-0.4, -0.2) is 25.3 Å². The molecule has 0 fully saturated rings. The molecule has 0 saturated heterocycles. The average molecular weight is 283 g/mol. The van der Waals surface area contributed by atoms with Crippen molar-refractivity contribution in [3.63, 3.8) is 0 Å².